The lowest BCUT2D eigenvalue weighted by Crippen LogP contribution is -2.08. The predicted octanol–water partition coefficient (Wildman–Crippen LogP) is 3.77. The second kappa shape index (κ2) is 5.85. The minimum Gasteiger partial charge on any atom is -0.497 e. The molecule has 1 heterocycles. The highest BCUT2D eigenvalue weighted by Gasteiger charge is 2.09. The summed E-state index contributed by atoms with van der Waals surface area (Å²) in [7, 11) is 1.62. The van der Waals surface area contributed by atoms with E-state index in [0.29, 0.717) is 11.3 Å². The van der Waals surface area contributed by atoms with Crippen LogP contribution in [-0.2, 0) is 0 Å². The fraction of sp³-hybridized carbons (Fsp3) is 0.111. The molecule has 0 spiro atoms. The van der Waals surface area contributed by atoms with Crippen molar-refractivity contribution >= 4 is 16.7 Å². The average Bonchev–Trinajstić information content (AvgIpc) is 2.54. The minimum absolute atomic E-state index is 0.422. The Kier molecular flexibility index (Phi) is 3.74. The lowest BCUT2D eigenvalue weighted by Gasteiger charge is -2.07. The van der Waals surface area contributed by atoms with Gasteiger partial charge in [0.15, 0.2) is 0 Å². The molecular formula is C18H15NO3. The number of methoxy groups -OCH3 is 1. The van der Waals surface area contributed by atoms with Gasteiger partial charge < -0.3 is 9.47 Å². The van der Waals surface area contributed by atoms with E-state index in [1.807, 2.05) is 37.3 Å². The van der Waals surface area contributed by atoms with Gasteiger partial charge in [-0.1, -0.05) is 12.1 Å². The van der Waals surface area contributed by atoms with Crippen molar-refractivity contribution in [2.45, 2.75) is 6.92 Å². The molecule has 0 atom stereocenters. The number of aromatic nitrogens is 1. The van der Waals surface area contributed by atoms with Crippen LogP contribution in [0.1, 0.15) is 16.1 Å². The number of carbonyl (C=O) groups is 1. The van der Waals surface area contributed by atoms with E-state index in [1.54, 1.807) is 25.3 Å². The van der Waals surface area contributed by atoms with Gasteiger partial charge in [-0.3, -0.25) is 4.98 Å². The predicted molar refractivity (Wildman–Crippen MR) is 84.4 cm³/mol. The van der Waals surface area contributed by atoms with Gasteiger partial charge >= 0.3 is 5.97 Å². The van der Waals surface area contributed by atoms with E-state index in [-0.39, 0.29) is 0 Å². The molecule has 0 unspecified atom stereocenters. The van der Waals surface area contributed by atoms with Crippen molar-refractivity contribution in [2.24, 2.45) is 0 Å². The quantitative estimate of drug-likeness (QED) is 0.545. The van der Waals surface area contributed by atoms with Crippen molar-refractivity contribution < 1.29 is 14.3 Å². The molecule has 0 saturated heterocycles. The van der Waals surface area contributed by atoms with E-state index in [2.05, 4.69) is 4.98 Å². The maximum Gasteiger partial charge on any atom is 0.345 e. The van der Waals surface area contributed by atoms with Crippen molar-refractivity contribution in [3.8, 4) is 11.5 Å². The van der Waals surface area contributed by atoms with Crippen LogP contribution in [-0.4, -0.2) is 18.1 Å². The average molecular weight is 293 g/mol. The molecule has 0 aliphatic rings. The second-order valence-corrected chi connectivity index (χ2v) is 4.95. The SMILES string of the molecule is COc1ccc2ccc(OC(=O)c3ccc(C)nc3)cc2c1. The van der Waals surface area contributed by atoms with Crippen molar-refractivity contribution in [2.75, 3.05) is 7.11 Å². The Morgan fingerprint density at radius 2 is 1.68 bits per heavy atom. The molecule has 4 heteroatoms. The lowest BCUT2D eigenvalue weighted by atomic mass is 10.1. The summed E-state index contributed by atoms with van der Waals surface area (Å²) in [6.07, 6.45) is 1.52. The summed E-state index contributed by atoms with van der Waals surface area (Å²) in [5.41, 5.74) is 1.28. The molecule has 0 bridgehead atoms. The Bertz CT molecular complexity index is 825. The van der Waals surface area contributed by atoms with E-state index in [0.717, 1.165) is 22.2 Å². The van der Waals surface area contributed by atoms with Gasteiger partial charge in [0, 0.05) is 11.9 Å². The molecule has 3 rings (SSSR count). The molecule has 0 N–H and O–H groups in total. The molecule has 22 heavy (non-hydrogen) atoms. The number of pyridine rings is 1. The number of nitrogens with zero attached hydrogens (tertiary/aromatic N) is 1. The van der Waals surface area contributed by atoms with Gasteiger partial charge in [0.2, 0.25) is 0 Å². The highest BCUT2D eigenvalue weighted by atomic mass is 16.5. The molecule has 0 saturated carbocycles. The zero-order chi connectivity index (χ0) is 15.5. The third-order valence-electron chi connectivity index (χ3n) is 3.38. The molecule has 110 valence electrons. The first-order valence-electron chi connectivity index (χ1n) is 6.88. The number of hydrogen-bond donors (Lipinski definition) is 0. The molecule has 0 aliphatic carbocycles. The summed E-state index contributed by atoms with van der Waals surface area (Å²) in [5, 5.41) is 2.00. The van der Waals surface area contributed by atoms with E-state index in [9.17, 15) is 4.79 Å². The first-order valence-corrected chi connectivity index (χ1v) is 6.88. The van der Waals surface area contributed by atoms with Crippen LogP contribution in [0, 0.1) is 6.92 Å². The van der Waals surface area contributed by atoms with Crippen molar-refractivity contribution in [3.63, 3.8) is 0 Å². The van der Waals surface area contributed by atoms with E-state index < -0.39 is 5.97 Å². The lowest BCUT2D eigenvalue weighted by molar-refractivity contribution is 0.0734. The van der Waals surface area contributed by atoms with Crippen LogP contribution < -0.4 is 9.47 Å². The van der Waals surface area contributed by atoms with Gasteiger partial charge in [-0.2, -0.15) is 0 Å². The standard InChI is InChI=1S/C18H15NO3/c1-12-3-4-14(11-19-12)18(20)22-17-8-6-13-5-7-16(21-2)9-15(13)10-17/h3-11H,1-2H3. The van der Waals surface area contributed by atoms with Crippen LogP contribution in [0.5, 0.6) is 11.5 Å². The van der Waals surface area contributed by atoms with Crippen LogP contribution >= 0.6 is 0 Å². The summed E-state index contributed by atoms with van der Waals surface area (Å²) >= 11 is 0. The van der Waals surface area contributed by atoms with Crippen LogP contribution in [0.3, 0.4) is 0 Å². The normalized spacial score (nSPS) is 10.5. The third-order valence-corrected chi connectivity index (χ3v) is 3.38. The molecule has 0 fully saturated rings. The number of benzene rings is 2. The van der Waals surface area contributed by atoms with Crippen molar-refractivity contribution in [1.82, 2.24) is 4.98 Å². The van der Waals surface area contributed by atoms with Gasteiger partial charge in [0.25, 0.3) is 0 Å². The van der Waals surface area contributed by atoms with Gasteiger partial charge in [0.05, 0.1) is 12.7 Å². The van der Waals surface area contributed by atoms with Crippen LogP contribution in [0.2, 0.25) is 0 Å². The zero-order valence-corrected chi connectivity index (χ0v) is 12.4. The number of carbonyl (C=O) groups excluding carboxylic acids is 1. The van der Waals surface area contributed by atoms with Crippen LogP contribution in [0.4, 0.5) is 0 Å². The summed E-state index contributed by atoms with van der Waals surface area (Å²) in [6, 6.07) is 14.7. The summed E-state index contributed by atoms with van der Waals surface area (Å²) in [5.74, 6) is 0.833. The Hall–Kier alpha value is -2.88. The Balaban J connectivity index is 1.86. The largest absolute Gasteiger partial charge is 0.497 e. The molecule has 4 nitrogen and oxygen atoms in total. The molecule has 2 aromatic carbocycles. The maximum absolute atomic E-state index is 12.1. The van der Waals surface area contributed by atoms with Crippen molar-refractivity contribution in [3.05, 3.63) is 66.0 Å². The molecular weight excluding hydrogens is 278 g/mol. The monoisotopic (exact) mass is 293 g/mol. The second-order valence-electron chi connectivity index (χ2n) is 4.95. The maximum atomic E-state index is 12.1. The van der Waals surface area contributed by atoms with Gasteiger partial charge in [0.1, 0.15) is 11.5 Å². The molecule has 0 aliphatic heterocycles. The first kappa shape index (κ1) is 14.1. The van der Waals surface area contributed by atoms with Gasteiger partial charge in [-0.05, 0) is 54.1 Å². The zero-order valence-electron chi connectivity index (χ0n) is 12.4. The van der Waals surface area contributed by atoms with E-state index >= 15 is 0 Å². The van der Waals surface area contributed by atoms with E-state index in [4.69, 9.17) is 9.47 Å². The number of esters is 1. The molecule has 3 aromatic rings. The smallest absolute Gasteiger partial charge is 0.345 e. The van der Waals surface area contributed by atoms with Crippen LogP contribution in [0.15, 0.2) is 54.7 Å². The molecule has 0 radical (unpaired) electrons. The minimum atomic E-state index is -0.422. The highest BCUT2D eigenvalue weighted by molar-refractivity contribution is 5.92. The highest BCUT2D eigenvalue weighted by Crippen LogP contribution is 2.25. The molecule has 0 amide bonds. The summed E-state index contributed by atoms with van der Waals surface area (Å²) in [6.45, 7) is 1.87. The fourth-order valence-electron chi connectivity index (χ4n) is 2.15. The molecule has 1 aromatic heterocycles. The third kappa shape index (κ3) is 2.91. The fourth-order valence-corrected chi connectivity index (χ4v) is 2.15. The Labute approximate surface area is 128 Å². The van der Waals surface area contributed by atoms with Gasteiger partial charge in [-0.25, -0.2) is 4.79 Å². The number of rotatable bonds is 3. The van der Waals surface area contributed by atoms with Gasteiger partial charge in [-0.15, -0.1) is 0 Å². The summed E-state index contributed by atoms with van der Waals surface area (Å²) < 4.78 is 10.6. The Morgan fingerprint density at radius 1 is 0.955 bits per heavy atom. The van der Waals surface area contributed by atoms with Crippen LogP contribution in [0.25, 0.3) is 10.8 Å². The summed E-state index contributed by atoms with van der Waals surface area (Å²) in [4.78, 5) is 16.2. The number of hydrogen-bond acceptors (Lipinski definition) is 4. The van der Waals surface area contributed by atoms with E-state index in [1.165, 1.54) is 6.20 Å². The number of ether oxygens (including phenoxy) is 2. The first-order chi connectivity index (χ1) is 10.7. The number of aryl methyl sites for hydroxylation is 1. The number of fused-ring (bicyclic) bond motifs is 1. The van der Waals surface area contributed by atoms with Crippen molar-refractivity contribution in [1.29, 1.82) is 0 Å². The Morgan fingerprint density at radius 3 is 2.36 bits per heavy atom. The topological polar surface area (TPSA) is 48.4 Å².